The first-order valence-corrected chi connectivity index (χ1v) is 3.62. The molecule has 1 aliphatic rings. The number of carbonyl (C=O) groups excluding carboxylic acids is 1. The third-order valence-corrected chi connectivity index (χ3v) is 1.78. The Labute approximate surface area is 68.8 Å². The zero-order valence-electron chi connectivity index (χ0n) is 6.28. The van der Waals surface area contributed by atoms with Gasteiger partial charge in [0.25, 0.3) is 5.69 Å². The van der Waals surface area contributed by atoms with Gasteiger partial charge in [0.1, 0.15) is 17.0 Å². The number of nitrogens with one attached hydrogen (secondary N) is 1. The quantitative estimate of drug-likeness (QED) is 0.581. The second-order valence-electron chi connectivity index (χ2n) is 2.56. The summed E-state index contributed by atoms with van der Waals surface area (Å²) in [5.74, 6) is -0.450. The normalized spacial score (nSPS) is 15.3. The van der Waals surface area contributed by atoms with Crippen LogP contribution < -0.4 is 5.32 Å². The first-order valence-electron chi connectivity index (χ1n) is 3.62. The topological polar surface area (TPSA) is 49.2 Å². The van der Waals surface area contributed by atoms with Crippen molar-refractivity contribution in [3.8, 4) is 0 Å². The monoisotopic (exact) mass is 163 g/mol. The van der Waals surface area contributed by atoms with E-state index in [1.807, 2.05) is 6.07 Å². The highest BCUT2D eigenvalue weighted by Crippen LogP contribution is 2.26. The summed E-state index contributed by atoms with van der Waals surface area (Å²) in [6, 6.07) is 6.93. The van der Waals surface area contributed by atoms with Crippen molar-refractivity contribution in [3.63, 3.8) is 0 Å². The largest absolute Gasteiger partial charge is 0.458 e. The Morgan fingerprint density at radius 3 is 2.92 bits per heavy atom. The van der Waals surface area contributed by atoms with Gasteiger partial charge in [-0.15, -0.1) is 0 Å². The van der Waals surface area contributed by atoms with E-state index < -0.39 is 5.91 Å². The fourth-order valence-corrected chi connectivity index (χ4v) is 1.18. The summed E-state index contributed by atoms with van der Waals surface area (Å²) in [5, 5.41) is 2.85. The summed E-state index contributed by atoms with van der Waals surface area (Å²) < 4.78 is 0.422. The van der Waals surface area contributed by atoms with Crippen molar-refractivity contribution in [1.82, 2.24) is 0 Å². The highest BCUT2D eigenvalue weighted by Gasteiger charge is 2.32. The number of rotatable bonds is 0. The van der Waals surface area contributed by atoms with Gasteiger partial charge in [-0.3, -0.25) is 0 Å². The zero-order chi connectivity index (χ0) is 8.55. The third-order valence-electron chi connectivity index (χ3n) is 1.78. The van der Waals surface area contributed by atoms with Gasteiger partial charge in [-0.2, -0.15) is 0 Å². The second-order valence-corrected chi connectivity index (χ2v) is 2.56. The van der Waals surface area contributed by atoms with Crippen molar-refractivity contribution in [2.75, 3.05) is 11.9 Å². The highest BCUT2D eigenvalue weighted by atomic mass is 16.3. The lowest BCUT2D eigenvalue weighted by Gasteiger charge is -2.07. The molecule has 4 heteroatoms. The Balaban J connectivity index is 2.56. The molecular weight excluding hydrogens is 156 g/mol. The van der Waals surface area contributed by atoms with Crippen LogP contribution in [0.2, 0.25) is 0 Å². The molecule has 1 N–H and O–H groups in total. The van der Waals surface area contributed by atoms with Crippen LogP contribution in [0.25, 0.3) is 0 Å². The summed E-state index contributed by atoms with van der Waals surface area (Å²) in [7, 11) is 0. The number of anilines is 1. The van der Waals surface area contributed by atoms with Crippen LogP contribution in [0.3, 0.4) is 0 Å². The van der Waals surface area contributed by atoms with Gasteiger partial charge in [0.05, 0.1) is 0 Å². The van der Waals surface area contributed by atoms with E-state index >= 15 is 0 Å². The Kier molecular flexibility index (Phi) is 1.40. The molecule has 1 amide bonds. The number of amides is 1. The molecular formula is C8H7N2O2+. The van der Waals surface area contributed by atoms with Crippen molar-refractivity contribution in [3.05, 3.63) is 29.2 Å². The molecule has 0 radical (unpaired) electrons. The molecule has 1 aromatic carbocycles. The van der Waals surface area contributed by atoms with E-state index in [1.54, 1.807) is 18.2 Å². The van der Waals surface area contributed by atoms with Gasteiger partial charge in [-0.1, -0.05) is 12.1 Å². The van der Waals surface area contributed by atoms with E-state index in [0.29, 0.717) is 16.1 Å². The number of carbonyl (C=O) groups is 1. The van der Waals surface area contributed by atoms with Gasteiger partial charge < -0.3 is 5.32 Å². The molecule has 1 aliphatic heterocycles. The predicted molar refractivity (Wildman–Crippen MR) is 43.2 cm³/mol. The first kappa shape index (κ1) is 6.97. The molecule has 0 fully saturated rings. The molecule has 0 aliphatic carbocycles. The summed E-state index contributed by atoms with van der Waals surface area (Å²) >= 11 is 0. The molecule has 1 aromatic rings. The lowest BCUT2D eigenvalue weighted by molar-refractivity contribution is -0.386. The van der Waals surface area contributed by atoms with Crippen LogP contribution in [0.4, 0.5) is 11.4 Å². The van der Waals surface area contributed by atoms with Gasteiger partial charge in [-0.05, 0) is 6.07 Å². The predicted octanol–water partition coefficient (Wildman–Crippen LogP) is 1.05. The maximum absolute atomic E-state index is 11.1. The van der Waals surface area contributed by atoms with Crippen molar-refractivity contribution < 1.29 is 9.55 Å². The van der Waals surface area contributed by atoms with Crippen LogP contribution in [0.15, 0.2) is 24.3 Å². The van der Waals surface area contributed by atoms with Gasteiger partial charge in [0.2, 0.25) is 0 Å². The van der Waals surface area contributed by atoms with E-state index in [4.69, 9.17) is 0 Å². The zero-order valence-corrected chi connectivity index (χ0v) is 6.28. The summed E-state index contributed by atoms with van der Waals surface area (Å²) in [6.45, 7) is 0.0838. The SMILES string of the molecule is O=C1CNc2ccccc2[N+]1=O. The Morgan fingerprint density at radius 2 is 2.08 bits per heavy atom. The minimum atomic E-state index is -0.450. The fraction of sp³-hybridized carbons (Fsp3) is 0.125. The maximum atomic E-state index is 11.1. The van der Waals surface area contributed by atoms with Crippen LogP contribution in [-0.4, -0.2) is 17.2 Å². The standard InChI is InChI=1S/C8H7N2O2/c11-8-5-9-6-3-1-2-4-7(6)10(8)12/h1-4,9H,5H2/q+1. The lowest BCUT2D eigenvalue weighted by atomic mass is 10.2. The van der Waals surface area contributed by atoms with Crippen LogP contribution in [0, 0.1) is 4.91 Å². The molecule has 0 unspecified atom stereocenters. The molecule has 60 valence electrons. The van der Waals surface area contributed by atoms with Crippen molar-refractivity contribution in [1.29, 1.82) is 0 Å². The molecule has 0 saturated carbocycles. The van der Waals surface area contributed by atoms with E-state index in [1.165, 1.54) is 0 Å². The molecule has 4 nitrogen and oxygen atoms in total. The molecule has 0 spiro atoms. The minimum absolute atomic E-state index is 0.0838. The maximum Gasteiger partial charge on any atom is 0.458 e. The van der Waals surface area contributed by atoms with E-state index in [9.17, 15) is 9.70 Å². The number of hydrogen-bond donors (Lipinski definition) is 1. The van der Waals surface area contributed by atoms with Gasteiger partial charge in [-0.25, -0.2) is 4.79 Å². The Morgan fingerprint density at radius 1 is 1.33 bits per heavy atom. The molecule has 0 saturated heterocycles. The van der Waals surface area contributed by atoms with Crippen molar-refractivity contribution >= 4 is 17.3 Å². The molecule has 12 heavy (non-hydrogen) atoms. The average Bonchev–Trinajstić information content (AvgIpc) is 2.12. The number of hydrogen-bond acceptors (Lipinski definition) is 3. The molecule has 2 rings (SSSR count). The Bertz CT molecular complexity index is 360. The van der Waals surface area contributed by atoms with Gasteiger partial charge in [0.15, 0.2) is 0 Å². The van der Waals surface area contributed by atoms with Gasteiger partial charge >= 0.3 is 5.91 Å². The lowest BCUT2D eigenvalue weighted by Crippen LogP contribution is -2.27. The molecule has 1 heterocycles. The van der Waals surface area contributed by atoms with E-state index in [-0.39, 0.29) is 6.54 Å². The fourth-order valence-electron chi connectivity index (χ4n) is 1.18. The average molecular weight is 163 g/mol. The van der Waals surface area contributed by atoms with Crippen LogP contribution in [-0.2, 0) is 4.79 Å². The third kappa shape index (κ3) is 0.887. The Hall–Kier alpha value is -1.71. The number of para-hydroxylation sites is 2. The van der Waals surface area contributed by atoms with Gasteiger partial charge in [0, 0.05) is 11.0 Å². The highest BCUT2D eigenvalue weighted by molar-refractivity contribution is 5.82. The summed E-state index contributed by atoms with van der Waals surface area (Å²) in [6.07, 6.45) is 0. The number of fused-ring (bicyclic) bond motifs is 1. The number of benzene rings is 1. The van der Waals surface area contributed by atoms with Crippen LogP contribution in [0.1, 0.15) is 0 Å². The molecule has 0 bridgehead atoms. The number of nitroso groups, excluding NO2 is 1. The first-order chi connectivity index (χ1) is 5.79. The molecule has 0 aromatic heterocycles. The van der Waals surface area contributed by atoms with Crippen LogP contribution in [0.5, 0.6) is 0 Å². The van der Waals surface area contributed by atoms with E-state index in [2.05, 4.69) is 5.32 Å². The summed E-state index contributed by atoms with van der Waals surface area (Å²) in [5.41, 5.74) is 1.11. The number of nitrogens with zero attached hydrogens (tertiary/aromatic N) is 1. The smallest absolute Gasteiger partial charge is 0.367 e. The van der Waals surface area contributed by atoms with Crippen LogP contribution >= 0.6 is 0 Å². The summed E-state index contributed by atoms with van der Waals surface area (Å²) in [4.78, 5) is 22.1. The molecule has 0 atom stereocenters. The minimum Gasteiger partial charge on any atom is -0.367 e. The van der Waals surface area contributed by atoms with E-state index in [0.717, 1.165) is 0 Å². The van der Waals surface area contributed by atoms with Crippen molar-refractivity contribution in [2.24, 2.45) is 0 Å². The van der Waals surface area contributed by atoms with Crippen molar-refractivity contribution in [2.45, 2.75) is 0 Å². The second kappa shape index (κ2) is 2.41.